The zero-order chi connectivity index (χ0) is 18.8. The zero-order valence-electron chi connectivity index (χ0n) is 15.0. The molecule has 0 aliphatic carbocycles. The van der Waals surface area contributed by atoms with Gasteiger partial charge in [-0.3, -0.25) is 9.69 Å². The number of thiazole rings is 1. The van der Waals surface area contributed by atoms with E-state index in [0.29, 0.717) is 0 Å². The minimum atomic E-state index is -0.253. The van der Waals surface area contributed by atoms with E-state index < -0.39 is 0 Å². The molecule has 1 aliphatic rings. The summed E-state index contributed by atoms with van der Waals surface area (Å²) in [5.74, 6) is -0.171. The van der Waals surface area contributed by atoms with Crippen LogP contribution in [0.4, 0.5) is 4.39 Å². The van der Waals surface area contributed by atoms with Gasteiger partial charge in [0.2, 0.25) is 0 Å². The summed E-state index contributed by atoms with van der Waals surface area (Å²) in [4.78, 5) is 23.3. The smallest absolute Gasteiger partial charge is 0.264 e. The summed E-state index contributed by atoms with van der Waals surface area (Å²) in [5.41, 5.74) is 2.04. The molecule has 0 saturated carbocycles. The third-order valence-corrected chi connectivity index (χ3v) is 6.60. The number of benzene rings is 1. The molecule has 4 rings (SSSR count). The largest absolute Gasteiger partial charge is 0.335 e. The lowest BCUT2D eigenvalue weighted by Crippen LogP contribution is -2.48. The van der Waals surface area contributed by atoms with Gasteiger partial charge in [-0.2, -0.15) is 0 Å². The summed E-state index contributed by atoms with van der Waals surface area (Å²) < 4.78 is 13.1. The summed E-state index contributed by atoms with van der Waals surface area (Å²) in [6.07, 6.45) is 0. The van der Waals surface area contributed by atoms with Crippen molar-refractivity contribution in [3.8, 4) is 10.4 Å². The van der Waals surface area contributed by atoms with Crippen molar-refractivity contribution in [2.45, 2.75) is 13.5 Å². The number of amides is 1. The molecule has 2 aromatic heterocycles. The van der Waals surface area contributed by atoms with Crippen molar-refractivity contribution in [1.82, 2.24) is 14.8 Å². The van der Waals surface area contributed by atoms with Crippen molar-refractivity contribution in [1.29, 1.82) is 0 Å². The first kappa shape index (κ1) is 18.3. The molecule has 1 amide bonds. The molecule has 0 unspecified atom stereocenters. The first-order chi connectivity index (χ1) is 13.1. The number of carbonyl (C=O) groups excluding carboxylic acids is 1. The lowest BCUT2D eigenvalue weighted by atomic mass is 10.2. The standard InChI is InChI=1S/C20H20FN3OS2/c1-14-22-17(13-26-14)12-23-8-10-24(11-9-23)20(25)19-7-6-18(27-19)15-2-4-16(21)5-3-15/h2-7,13H,8-12H2,1H3. The number of piperazine rings is 1. The van der Waals surface area contributed by atoms with Crippen molar-refractivity contribution in [3.63, 3.8) is 0 Å². The number of aromatic nitrogens is 1. The number of halogens is 1. The highest BCUT2D eigenvalue weighted by molar-refractivity contribution is 7.17. The Balaban J connectivity index is 1.36. The molecule has 4 nitrogen and oxygen atoms in total. The van der Waals surface area contributed by atoms with Crippen molar-refractivity contribution >= 4 is 28.6 Å². The molecule has 0 spiro atoms. The molecule has 1 saturated heterocycles. The molecule has 1 aromatic carbocycles. The SMILES string of the molecule is Cc1nc(CN2CCN(C(=O)c3ccc(-c4ccc(F)cc4)s3)CC2)cs1. The fourth-order valence-electron chi connectivity index (χ4n) is 3.20. The average molecular weight is 402 g/mol. The quantitative estimate of drug-likeness (QED) is 0.655. The Morgan fingerprint density at radius 2 is 1.85 bits per heavy atom. The number of nitrogens with zero attached hydrogens (tertiary/aromatic N) is 3. The fraction of sp³-hybridized carbons (Fsp3) is 0.300. The summed E-state index contributed by atoms with van der Waals surface area (Å²) in [7, 11) is 0. The van der Waals surface area contributed by atoms with Gasteiger partial charge in [-0.05, 0) is 36.8 Å². The summed E-state index contributed by atoms with van der Waals surface area (Å²) >= 11 is 3.14. The van der Waals surface area contributed by atoms with Crippen LogP contribution in [0.2, 0.25) is 0 Å². The Morgan fingerprint density at radius 1 is 1.11 bits per heavy atom. The van der Waals surface area contributed by atoms with E-state index in [4.69, 9.17) is 0 Å². The molecule has 7 heteroatoms. The van der Waals surface area contributed by atoms with Crippen LogP contribution in [0.5, 0.6) is 0 Å². The number of rotatable bonds is 4. The van der Waals surface area contributed by atoms with E-state index in [2.05, 4.69) is 15.3 Å². The van der Waals surface area contributed by atoms with Crippen LogP contribution in [-0.4, -0.2) is 46.9 Å². The molecule has 0 bridgehead atoms. The predicted octanol–water partition coefficient (Wildman–Crippen LogP) is 4.28. The number of carbonyl (C=O) groups is 1. The Morgan fingerprint density at radius 3 is 2.52 bits per heavy atom. The maximum Gasteiger partial charge on any atom is 0.264 e. The topological polar surface area (TPSA) is 36.4 Å². The van der Waals surface area contributed by atoms with Gasteiger partial charge in [-0.1, -0.05) is 12.1 Å². The van der Waals surface area contributed by atoms with Crippen molar-refractivity contribution in [2.75, 3.05) is 26.2 Å². The third-order valence-electron chi connectivity index (χ3n) is 4.66. The van der Waals surface area contributed by atoms with Gasteiger partial charge >= 0.3 is 0 Å². The van der Waals surface area contributed by atoms with E-state index in [9.17, 15) is 9.18 Å². The second kappa shape index (κ2) is 7.88. The van der Waals surface area contributed by atoms with Crippen LogP contribution >= 0.6 is 22.7 Å². The van der Waals surface area contributed by atoms with Crippen molar-refractivity contribution in [2.24, 2.45) is 0 Å². The minimum Gasteiger partial charge on any atom is -0.335 e. The van der Waals surface area contributed by atoms with Crippen LogP contribution in [0.15, 0.2) is 41.8 Å². The summed E-state index contributed by atoms with van der Waals surface area (Å²) in [6.45, 7) is 6.04. The van der Waals surface area contributed by atoms with Gasteiger partial charge in [0.15, 0.2) is 0 Å². The number of hydrogen-bond donors (Lipinski definition) is 0. The van der Waals surface area contributed by atoms with Crippen LogP contribution in [0.25, 0.3) is 10.4 Å². The zero-order valence-corrected chi connectivity index (χ0v) is 16.7. The Labute approximate surface area is 165 Å². The van der Waals surface area contributed by atoms with E-state index in [1.54, 1.807) is 23.5 Å². The molecule has 1 aliphatic heterocycles. The second-order valence-electron chi connectivity index (χ2n) is 6.60. The second-order valence-corrected chi connectivity index (χ2v) is 8.74. The molecule has 3 aromatic rings. The van der Waals surface area contributed by atoms with Crippen LogP contribution < -0.4 is 0 Å². The van der Waals surface area contributed by atoms with Gasteiger partial charge in [-0.15, -0.1) is 22.7 Å². The lowest BCUT2D eigenvalue weighted by molar-refractivity contribution is 0.0632. The average Bonchev–Trinajstić information content (AvgIpc) is 3.32. The summed E-state index contributed by atoms with van der Waals surface area (Å²) in [5, 5.41) is 3.20. The molecule has 0 N–H and O–H groups in total. The van der Waals surface area contributed by atoms with Crippen molar-refractivity contribution < 1.29 is 9.18 Å². The first-order valence-corrected chi connectivity index (χ1v) is 10.6. The third kappa shape index (κ3) is 4.26. The van der Waals surface area contributed by atoms with E-state index in [0.717, 1.165) is 58.7 Å². The van der Waals surface area contributed by atoms with Crippen LogP contribution in [0.3, 0.4) is 0 Å². The molecule has 27 heavy (non-hydrogen) atoms. The van der Waals surface area contributed by atoms with Gasteiger partial charge < -0.3 is 4.90 Å². The maximum atomic E-state index is 13.1. The van der Waals surface area contributed by atoms with E-state index in [1.807, 2.05) is 24.0 Å². The van der Waals surface area contributed by atoms with E-state index in [-0.39, 0.29) is 11.7 Å². The highest BCUT2D eigenvalue weighted by Gasteiger charge is 2.23. The number of thiophene rings is 1. The minimum absolute atomic E-state index is 0.0810. The highest BCUT2D eigenvalue weighted by atomic mass is 32.1. The summed E-state index contributed by atoms with van der Waals surface area (Å²) in [6, 6.07) is 10.2. The molecule has 1 fully saturated rings. The molecular formula is C20H20FN3OS2. The number of aryl methyl sites for hydroxylation is 1. The van der Waals surface area contributed by atoms with Crippen LogP contribution in [0, 0.1) is 12.7 Å². The van der Waals surface area contributed by atoms with Crippen molar-refractivity contribution in [3.05, 3.63) is 63.2 Å². The van der Waals surface area contributed by atoms with Crippen LogP contribution in [0.1, 0.15) is 20.4 Å². The van der Waals surface area contributed by atoms with E-state index >= 15 is 0 Å². The first-order valence-electron chi connectivity index (χ1n) is 8.87. The molecule has 3 heterocycles. The normalized spacial score (nSPS) is 15.3. The molecule has 0 atom stereocenters. The fourth-order valence-corrected chi connectivity index (χ4v) is 4.78. The van der Waals surface area contributed by atoms with E-state index in [1.165, 1.54) is 23.5 Å². The lowest BCUT2D eigenvalue weighted by Gasteiger charge is -2.34. The molecular weight excluding hydrogens is 381 g/mol. The Kier molecular flexibility index (Phi) is 5.33. The van der Waals surface area contributed by atoms with Gasteiger partial charge in [0.25, 0.3) is 5.91 Å². The van der Waals surface area contributed by atoms with Gasteiger partial charge in [0, 0.05) is 43.0 Å². The monoisotopic (exact) mass is 401 g/mol. The molecule has 140 valence electrons. The van der Waals surface area contributed by atoms with Gasteiger partial charge in [0.05, 0.1) is 15.6 Å². The van der Waals surface area contributed by atoms with Crippen LogP contribution in [-0.2, 0) is 6.54 Å². The maximum absolute atomic E-state index is 13.1. The highest BCUT2D eigenvalue weighted by Crippen LogP contribution is 2.29. The predicted molar refractivity (Wildman–Crippen MR) is 108 cm³/mol. The Hall–Kier alpha value is -2.09. The number of hydrogen-bond acceptors (Lipinski definition) is 5. The van der Waals surface area contributed by atoms with Gasteiger partial charge in [-0.25, -0.2) is 9.37 Å². The Bertz CT molecular complexity index is 927. The van der Waals surface area contributed by atoms with Gasteiger partial charge in [0.1, 0.15) is 5.82 Å². The molecule has 0 radical (unpaired) electrons.